The van der Waals surface area contributed by atoms with Gasteiger partial charge < -0.3 is 10.1 Å². The van der Waals surface area contributed by atoms with Gasteiger partial charge >= 0.3 is 0 Å². The normalized spacial score (nSPS) is 17.9. The molecule has 4 nitrogen and oxygen atoms in total. The Hall–Kier alpha value is -1.00. The predicted molar refractivity (Wildman–Crippen MR) is 66.6 cm³/mol. The van der Waals surface area contributed by atoms with Crippen LogP contribution in [0.15, 0.2) is 0 Å². The molecule has 0 bridgehead atoms. The Kier molecular flexibility index (Phi) is 3.45. The summed E-state index contributed by atoms with van der Waals surface area (Å²) >= 11 is 0. The molecule has 94 valence electrons. The van der Waals surface area contributed by atoms with Crippen LogP contribution in [0, 0.1) is 0 Å². The van der Waals surface area contributed by atoms with Gasteiger partial charge in [-0.2, -0.15) is 0 Å². The first-order valence-electron chi connectivity index (χ1n) is 6.29. The highest BCUT2D eigenvalue weighted by molar-refractivity contribution is 5.30. The van der Waals surface area contributed by atoms with E-state index in [4.69, 9.17) is 9.72 Å². The van der Waals surface area contributed by atoms with Crippen molar-refractivity contribution in [2.45, 2.75) is 52.3 Å². The minimum absolute atomic E-state index is 0.373. The van der Waals surface area contributed by atoms with Gasteiger partial charge in [-0.3, -0.25) is 0 Å². The average molecular weight is 235 g/mol. The van der Waals surface area contributed by atoms with E-state index in [1.54, 1.807) is 7.11 Å². The lowest BCUT2D eigenvalue weighted by molar-refractivity contribution is -0.00931. The van der Waals surface area contributed by atoms with Crippen LogP contribution in [0.1, 0.15) is 50.0 Å². The fraction of sp³-hybridized carbons (Fsp3) is 0.692. The quantitative estimate of drug-likeness (QED) is 0.866. The van der Waals surface area contributed by atoms with Crippen molar-refractivity contribution < 1.29 is 4.74 Å². The Morgan fingerprint density at radius 1 is 1.29 bits per heavy atom. The van der Waals surface area contributed by atoms with Gasteiger partial charge in [-0.25, -0.2) is 9.97 Å². The van der Waals surface area contributed by atoms with Crippen molar-refractivity contribution in [3.63, 3.8) is 0 Å². The number of aryl methyl sites for hydroxylation is 1. The molecule has 1 unspecified atom stereocenters. The van der Waals surface area contributed by atoms with E-state index in [1.165, 1.54) is 5.56 Å². The summed E-state index contributed by atoms with van der Waals surface area (Å²) in [5.41, 5.74) is 3.21. The van der Waals surface area contributed by atoms with Gasteiger partial charge in [0.15, 0.2) is 5.82 Å². The monoisotopic (exact) mass is 235 g/mol. The highest BCUT2D eigenvalue weighted by Gasteiger charge is 2.30. The second-order valence-electron chi connectivity index (χ2n) is 4.66. The molecule has 1 aliphatic rings. The molecule has 1 atom stereocenters. The number of nitrogens with zero attached hydrogens (tertiary/aromatic N) is 2. The molecule has 1 aromatic rings. The van der Waals surface area contributed by atoms with E-state index in [9.17, 15) is 0 Å². The molecule has 0 aromatic carbocycles. The first-order valence-corrected chi connectivity index (χ1v) is 6.29. The molecule has 0 radical (unpaired) electrons. The maximum atomic E-state index is 5.59. The van der Waals surface area contributed by atoms with Crippen molar-refractivity contribution in [1.29, 1.82) is 0 Å². The van der Waals surface area contributed by atoms with Crippen LogP contribution in [-0.2, 0) is 29.8 Å². The number of methoxy groups -OCH3 is 1. The Bertz CT molecular complexity index is 413. The van der Waals surface area contributed by atoms with Gasteiger partial charge in [0.1, 0.15) is 5.60 Å². The minimum Gasteiger partial charge on any atom is -0.371 e. The molecule has 2 rings (SSSR count). The van der Waals surface area contributed by atoms with Crippen molar-refractivity contribution >= 4 is 0 Å². The van der Waals surface area contributed by atoms with Crippen LogP contribution in [0.25, 0.3) is 0 Å². The third-order valence-corrected chi connectivity index (χ3v) is 3.71. The van der Waals surface area contributed by atoms with Crippen LogP contribution in [-0.4, -0.2) is 17.1 Å². The molecular weight excluding hydrogens is 214 g/mol. The maximum Gasteiger partial charge on any atom is 0.160 e. The van der Waals surface area contributed by atoms with Gasteiger partial charge in [0.2, 0.25) is 0 Å². The fourth-order valence-corrected chi connectivity index (χ4v) is 2.16. The summed E-state index contributed by atoms with van der Waals surface area (Å²) in [4.78, 5) is 9.38. The Labute approximate surface area is 103 Å². The Morgan fingerprint density at radius 3 is 2.65 bits per heavy atom. The molecule has 2 heterocycles. The molecule has 0 aliphatic carbocycles. The van der Waals surface area contributed by atoms with E-state index >= 15 is 0 Å². The first-order chi connectivity index (χ1) is 8.14. The molecule has 0 saturated carbocycles. The summed E-state index contributed by atoms with van der Waals surface area (Å²) < 4.78 is 5.59. The van der Waals surface area contributed by atoms with Crippen LogP contribution in [0.4, 0.5) is 0 Å². The van der Waals surface area contributed by atoms with Gasteiger partial charge in [0, 0.05) is 31.5 Å². The molecule has 0 fully saturated rings. The summed E-state index contributed by atoms with van der Waals surface area (Å²) in [5, 5.41) is 3.33. The molecule has 1 aliphatic heterocycles. The van der Waals surface area contributed by atoms with Crippen molar-refractivity contribution in [2.24, 2.45) is 0 Å². The number of hydrogen-bond acceptors (Lipinski definition) is 4. The van der Waals surface area contributed by atoms with E-state index in [-0.39, 0.29) is 5.60 Å². The van der Waals surface area contributed by atoms with Crippen molar-refractivity contribution in [3.8, 4) is 0 Å². The van der Waals surface area contributed by atoms with E-state index in [0.717, 1.165) is 43.1 Å². The number of nitrogens with one attached hydrogen (secondary N) is 1. The van der Waals surface area contributed by atoms with Gasteiger partial charge in [-0.1, -0.05) is 13.8 Å². The van der Waals surface area contributed by atoms with Gasteiger partial charge in [0.05, 0.1) is 5.69 Å². The van der Waals surface area contributed by atoms with Crippen LogP contribution in [0.3, 0.4) is 0 Å². The second-order valence-corrected chi connectivity index (χ2v) is 4.66. The number of fused-ring (bicyclic) bond motifs is 1. The molecule has 1 N–H and O–H groups in total. The predicted octanol–water partition coefficient (Wildman–Crippen LogP) is 1.91. The number of ether oxygens (including phenoxy) is 1. The lowest BCUT2D eigenvalue weighted by Crippen LogP contribution is -2.27. The zero-order valence-electron chi connectivity index (χ0n) is 11.1. The van der Waals surface area contributed by atoms with Crippen molar-refractivity contribution in [2.75, 3.05) is 7.11 Å². The van der Waals surface area contributed by atoms with Crippen molar-refractivity contribution in [1.82, 2.24) is 15.3 Å². The molecule has 0 amide bonds. The lowest BCUT2D eigenvalue weighted by Gasteiger charge is -2.26. The SMILES string of the molecule is CCc1nc(C(C)(CC)OC)nc2c1CNC2. The molecule has 17 heavy (non-hydrogen) atoms. The van der Waals surface area contributed by atoms with E-state index < -0.39 is 0 Å². The Morgan fingerprint density at radius 2 is 2.06 bits per heavy atom. The van der Waals surface area contributed by atoms with E-state index in [2.05, 4.69) is 31.1 Å². The summed E-state index contributed by atoms with van der Waals surface area (Å²) in [7, 11) is 1.73. The highest BCUT2D eigenvalue weighted by Crippen LogP contribution is 2.28. The van der Waals surface area contributed by atoms with Crippen LogP contribution < -0.4 is 5.32 Å². The smallest absolute Gasteiger partial charge is 0.160 e. The molecule has 4 heteroatoms. The van der Waals surface area contributed by atoms with Gasteiger partial charge in [-0.15, -0.1) is 0 Å². The lowest BCUT2D eigenvalue weighted by atomic mass is 10.0. The molecule has 0 spiro atoms. The van der Waals surface area contributed by atoms with Crippen LogP contribution in [0.5, 0.6) is 0 Å². The third-order valence-electron chi connectivity index (χ3n) is 3.71. The number of aromatic nitrogens is 2. The van der Waals surface area contributed by atoms with Crippen molar-refractivity contribution in [3.05, 3.63) is 22.8 Å². The number of hydrogen-bond donors (Lipinski definition) is 1. The largest absolute Gasteiger partial charge is 0.371 e. The summed E-state index contributed by atoms with van der Waals surface area (Å²) in [6, 6.07) is 0. The standard InChI is InChI=1S/C13H21N3O/c1-5-10-9-7-14-8-11(9)16-12(15-10)13(3,6-2)17-4/h14H,5-8H2,1-4H3. The molecule has 1 aromatic heterocycles. The second kappa shape index (κ2) is 4.70. The van der Waals surface area contributed by atoms with Gasteiger partial charge in [-0.05, 0) is 19.8 Å². The Balaban J connectivity index is 2.50. The van der Waals surface area contributed by atoms with Gasteiger partial charge in [0.25, 0.3) is 0 Å². The molecule has 0 saturated heterocycles. The van der Waals surface area contributed by atoms with E-state index in [1.807, 2.05) is 0 Å². The summed E-state index contributed by atoms with van der Waals surface area (Å²) in [6.45, 7) is 8.04. The zero-order valence-corrected chi connectivity index (χ0v) is 11.1. The molecular formula is C13H21N3O. The number of rotatable bonds is 4. The summed E-state index contributed by atoms with van der Waals surface area (Å²) in [5.74, 6) is 0.821. The fourth-order valence-electron chi connectivity index (χ4n) is 2.16. The average Bonchev–Trinajstić information content (AvgIpc) is 2.84. The van der Waals surface area contributed by atoms with Crippen LogP contribution >= 0.6 is 0 Å². The first kappa shape index (κ1) is 12.5. The summed E-state index contributed by atoms with van der Waals surface area (Å²) in [6.07, 6.45) is 1.82. The third kappa shape index (κ3) is 2.07. The topological polar surface area (TPSA) is 47.0 Å². The highest BCUT2D eigenvalue weighted by atomic mass is 16.5. The zero-order chi connectivity index (χ0) is 12.5. The van der Waals surface area contributed by atoms with Crippen LogP contribution in [0.2, 0.25) is 0 Å². The maximum absolute atomic E-state index is 5.59. The minimum atomic E-state index is -0.373. The van der Waals surface area contributed by atoms with E-state index in [0.29, 0.717) is 0 Å².